The van der Waals surface area contributed by atoms with Gasteiger partial charge in [-0.25, -0.2) is 0 Å². The summed E-state index contributed by atoms with van der Waals surface area (Å²) in [6, 6.07) is 7.64. The maximum atomic E-state index is 13.1. The van der Waals surface area contributed by atoms with Gasteiger partial charge in [0, 0.05) is 18.7 Å². The van der Waals surface area contributed by atoms with E-state index in [4.69, 9.17) is 19.9 Å². The molecule has 0 spiro atoms. The third-order valence-electron chi connectivity index (χ3n) is 4.43. The van der Waals surface area contributed by atoms with Gasteiger partial charge in [0.05, 0.1) is 32.5 Å². The molecule has 1 aliphatic rings. The van der Waals surface area contributed by atoms with Crippen LogP contribution in [0.25, 0.3) is 0 Å². The molecule has 2 atom stereocenters. The summed E-state index contributed by atoms with van der Waals surface area (Å²) in [5, 5.41) is 0. The number of hydrogen-bond donors (Lipinski definition) is 1. The van der Waals surface area contributed by atoms with Crippen molar-refractivity contribution in [1.29, 1.82) is 0 Å². The molecule has 1 fully saturated rings. The lowest BCUT2D eigenvalue weighted by Gasteiger charge is -2.23. The molecule has 3 rings (SSSR count). The van der Waals surface area contributed by atoms with Crippen LogP contribution in [0.5, 0.6) is 17.2 Å². The van der Waals surface area contributed by atoms with Gasteiger partial charge in [-0.3, -0.25) is 14.6 Å². The number of methoxy groups -OCH3 is 2. The van der Waals surface area contributed by atoms with Crippen molar-refractivity contribution in [1.82, 2.24) is 9.88 Å². The summed E-state index contributed by atoms with van der Waals surface area (Å²) in [7, 11) is 3.00. The normalized spacial score (nSPS) is 18.8. The van der Waals surface area contributed by atoms with Gasteiger partial charge in [0.2, 0.25) is 5.91 Å². The van der Waals surface area contributed by atoms with Crippen LogP contribution < -0.4 is 19.9 Å². The smallest absolute Gasteiger partial charge is 0.258 e. The van der Waals surface area contributed by atoms with Gasteiger partial charge in [0.25, 0.3) is 5.91 Å². The van der Waals surface area contributed by atoms with Gasteiger partial charge >= 0.3 is 0 Å². The Balaban J connectivity index is 1.83. The van der Waals surface area contributed by atoms with Crippen molar-refractivity contribution in [2.24, 2.45) is 5.73 Å². The molecule has 8 nitrogen and oxygen atoms in total. The number of benzene rings is 1. The Morgan fingerprint density at radius 1 is 1.19 bits per heavy atom. The number of aromatic nitrogens is 1. The maximum Gasteiger partial charge on any atom is 0.258 e. The van der Waals surface area contributed by atoms with Gasteiger partial charge < -0.3 is 24.8 Å². The minimum Gasteiger partial charge on any atom is -0.497 e. The van der Waals surface area contributed by atoms with E-state index < -0.39 is 11.9 Å². The Kier molecular flexibility index (Phi) is 5.44. The van der Waals surface area contributed by atoms with E-state index in [1.54, 1.807) is 42.7 Å². The molecule has 1 saturated heterocycles. The number of pyridine rings is 1. The van der Waals surface area contributed by atoms with Crippen LogP contribution in [-0.4, -0.2) is 54.6 Å². The highest BCUT2D eigenvalue weighted by Gasteiger charge is 2.40. The molecule has 2 N–H and O–H groups in total. The van der Waals surface area contributed by atoms with Crippen LogP contribution in [0.1, 0.15) is 16.8 Å². The Bertz CT molecular complexity index is 827. The quantitative estimate of drug-likeness (QED) is 0.819. The summed E-state index contributed by atoms with van der Waals surface area (Å²) >= 11 is 0. The topological polar surface area (TPSA) is 104 Å². The molecule has 0 aliphatic carbocycles. The SMILES string of the molecule is COc1ccc(C(=O)N2C[C@@H](Oc3cccnc3)C[C@H]2C(N)=O)c(OC)c1. The van der Waals surface area contributed by atoms with E-state index in [-0.39, 0.29) is 18.6 Å². The average molecular weight is 371 g/mol. The fourth-order valence-corrected chi connectivity index (χ4v) is 3.12. The number of hydrogen-bond acceptors (Lipinski definition) is 6. The molecule has 0 radical (unpaired) electrons. The number of likely N-dealkylation sites (tertiary alicyclic amines) is 1. The molecule has 1 aromatic heterocycles. The molecule has 0 saturated carbocycles. The standard InChI is InChI=1S/C19H21N3O5/c1-25-12-5-6-15(17(9-12)26-2)19(24)22-11-14(8-16(22)18(20)23)27-13-4-3-7-21-10-13/h3-7,9-10,14,16H,8,11H2,1-2H3,(H2,20,23)/t14-,16-/m0/s1. The largest absolute Gasteiger partial charge is 0.497 e. The van der Waals surface area contributed by atoms with Gasteiger partial charge in [-0.05, 0) is 24.3 Å². The number of rotatable bonds is 6. The van der Waals surface area contributed by atoms with Crippen molar-refractivity contribution in [2.45, 2.75) is 18.6 Å². The first-order valence-electron chi connectivity index (χ1n) is 8.42. The Morgan fingerprint density at radius 2 is 2.00 bits per heavy atom. The number of nitrogens with two attached hydrogens (primary N) is 1. The first kappa shape index (κ1) is 18.5. The van der Waals surface area contributed by atoms with E-state index in [1.807, 2.05) is 0 Å². The van der Waals surface area contributed by atoms with Crippen LogP contribution in [0.4, 0.5) is 0 Å². The summed E-state index contributed by atoms with van der Waals surface area (Å²) in [6.07, 6.45) is 3.17. The van der Waals surface area contributed by atoms with Crippen molar-refractivity contribution >= 4 is 11.8 Å². The minimum absolute atomic E-state index is 0.233. The fourth-order valence-electron chi connectivity index (χ4n) is 3.12. The lowest BCUT2D eigenvalue weighted by Crippen LogP contribution is -2.43. The highest BCUT2D eigenvalue weighted by atomic mass is 16.5. The molecule has 8 heteroatoms. The second kappa shape index (κ2) is 7.94. The van der Waals surface area contributed by atoms with E-state index in [9.17, 15) is 9.59 Å². The second-order valence-electron chi connectivity index (χ2n) is 6.11. The minimum atomic E-state index is -0.758. The van der Waals surface area contributed by atoms with E-state index >= 15 is 0 Å². The molecular formula is C19H21N3O5. The molecule has 27 heavy (non-hydrogen) atoms. The molecule has 0 unspecified atom stereocenters. The zero-order chi connectivity index (χ0) is 19.4. The molecule has 142 valence electrons. The van der Waals surface area contributed by atoms with E-state index in [2.05, 4.69) is 4.98 Å². The van der Waals surface area contributed by atoms with E-state index in [0.29, 0.717) is 29.2 Å². The zero-order valence-electron chi connectivity index (χ0n) is 15.1. The number of ether oxygens (including phenoxy) is 3. The van der Waals surface area contributed by atoms with Crippen LogP contribution in [0.15, 0.2) is 42.7 Å². The van der Waals surface area contributed by atoms with Crippen molar-refractivity contribution in [3.63, 3.8) is 0 Å². The second-order valence-corrected chi connectivity index (χ2v) is 6.11. The lowest BCUT2D eigenvalue weighted by molar-refractivity contribution is -0.121. The third-order valence-corrected chi connectivity index (χ3v) is 4.43. The Morgan fingerprint density at radius 3 is 2.63 bits per heavy atom. The highest BCUT2D eigenvalue weighted by Crippen LogP contribution is 2.29. The lowest BCUT2D eigenvalue weighted by atomic mass is 10.1. The number of carbonyl (C=O) groups is 2. The maximum absolute atomic E-state index is 13.1. The molecule has 1 aliphatic heterocycles. The predicted molar refractivity (Wildman–Crippen MR) is 96.8 cm³/mol. The van der Waals surface area contributed by atoms with Crippen LogP contribution in [0.2, 0.25) is 0 Å². The monoisotopic (exact) mass is 371 g/mol. The molecule has 2 heterocycles. The summed E-state index contributed by atoms with van der Waals surface area (Å²) in [5.74, 6) is 0.569. The Labute approximate surface area is 156 Å². The van der Waals surface area contributed by atoms with Crippen LogP contribution in [0, 0.1) is 0 Å². The van der Waals surface area contributed by atoms with Crippen molar-refractivity contribution in [3.05, 3.63) is 48.3 Å². The summed E-state index contributed by atoms with van der Waals surface area (Å²) in [4.78, 5) is 30.4. The summed E-state index contributed by atoms with van der Waals surface area (Å²) in [6.45, 7) is 0.233. The van der Waals surface area contributed by atoms with Gasteiger partial charge in [-0.1, -0.05) is 0 Å². The van der Waals surface area contributed by atoms with E-state index in [1.165, 1.54) is 19.1 Å². The third kappa shape index (κ3) is 3.94. The fraction of sp³-hybridized carbons (Fsp3) is 0.316. The van der Waals surface area contributed by atoms with Gasteiger partial charge in [-0.15, -0.1) is 0 Å². The van der Waals surface area contributed by atoms with Crippen molar-refractivity contribution < 1.29 is 23.8 Å². The summed E-state index contributed by atoms with van der Waals surface area (Å²) in [5.41, 5.74) is 5.85. The zero-order valence-corrected chi connectivity index (χ0v) is 15.1. The average Bonchev–Trinajstić information content (AvgIpc) is 3.11. The van der Waals surface area contributed by atoms with E-state index in [0.717, 1.165) is 0 Å². The Hall–Kier alpha value is -3.29. The molecule has 2 amide bonds. The van der Waals surface area contributed by atoms with Crippen LogP contribution in [-0.2, 0) is 4.79 Å². The van der Waals surface area contributed by atoms with Crippen LogP contribution >= 0.6 is 0 Å². The number of nitrogens with zero attached hydrogens (tertiary/aromatic N) is 2. The predicted octanol–water partition coefficient (Wildman–Crippen LogP) is 1.25. The van der Waals surface area contributed by atoms with Gasteiger partial charge in [0.15, 0.2) is 0 Å². The van der Waals surface area contributed by atoms with Crippen molar-refractivity contribution in [2.75, 3.05) is 20.8 Å². The summed E-state index contributed by atoms with van der Waals surface area (Å²) < 4.78 is 16.3. The number of amides is 2. The molecule has 1 aromatic carbocycles. The molecular weight excluding hydrogens is 350 g/mol. The highest BCUT2D eigenvalue weighted by molar-refractivity contribution is 6.00. The number of primary amides is 1. The molecule has 2 aromatic rings. The number of carbonyl (C=O) groups excluding carboxylic acids is 2. The van der Waals surface area contributed by atoms with Crippen molar-refractivity contribution in [3.8, 4) is 17.2 Å². The van der Waals surface area contributed by atoms with Gasteiger partial charge in [0.1, 0.15) is 29.4 Å². The first-order chi connectivity index (χ1) is 13.0. The van der Waals surface area contributed by atoms with Gasteiger partial charge in [-0.2, -0.15) is 0 Å². The van der Waals surface area contributed by atoms with Crippen LogP contribution in [0.3, 0.4) is 0 Å². The molecule has 0 bridgehead atoms. The first-order valence-corrected chi connectivity index (χ1v) is 8.42.